The first-order valence-corrected chi connectivity index (χ1v) is 9.72. The molecule has 1 aliphatic heterocycles. The number of hydrogen-bond acceptors (Lipinski definition) is 4. The maximum atomic E-state index is 13.1. The van der Waals surface area contributed by atoms with Crippen LogP contribution in [0.1, 0.15) is 9.67 Å². The molecule has 0 saturated carbocycles. The number of ether oxygens (including phenoxy) is 1. The number of benzene rings is 2. The smallest absolute Gasteiger partial charge is 0.267 e. The lowest BCUT2D eigenvalue weighted by Crippen LogP contribution is -2.48. The number of methoxy groups -OCH3 is 1. The van der Waals surface area contributed by atoms with Gasteiger partial charge in [-0.05, 0) is 30.3 Å². The van der Waals surface area contributed by atoms with Crippen molar-refractivity contribution in [2.24, 2.45) is 0 Å². The molecule has 0 bridgehead atoms. The maximum Gasteiger partial charge on any atom is 0.267 e. The summed E-state index contributed by atoms with van der Waals surface area (Å²) in [5.41, 5.74) is 1.20. The molecule has 1 amide bonds. The molecule has 1 aromatic heterocycles. The molecule has 2 heterocycles. The second kappa shape index (κ2) is 7.17. The van der Waals surface area contributed by atoms with Crippen molar-refractivity contribution >= 4 is 44.6 Å². The van der Waals surface area contributed by atoms with Crippen molar-refractivity contribution in [3.8, 4) is 5.75 Å². The third kappa shape index (κ3) is 3.13. The van der Waals surface area contributed by atoms with Crippen LogP contribution in [0.2, 0.25) is 5.02 Å². The Morgan fingerprint density at radius 1 is 1.08 bits per heavy atom. The number of nitrogens with zero attached hydrogens (tertiary/aromatic N) is 2. The van der Waals surface area contributed by atoms with Gasteiger partial charge in [0.25, 0.3) is 5.91 Å². The lowest BCUT2D eigenvalue weighted by molar-refractivity contribution is 0.0749. The number of carbonyl (C=O) groups excluding carboxylic acids is 1. The zero-order chi connectivity index (χ0) is 18.1. The predicted octanol–water partition coefficient (Wildman–Crippen LogP) is 4.53. The second-order valence-electron chi connectivity index (χ2n) is 6.22. The second-order valence-corrected chi connectivity index (χ2v) is 7.71. The van der Waals surface area contributed by atoms with Crippen LogP contribution in [0.5, 0.6) is 5.75 Å². The van der Waals surface area contributed by atoms with Gasteiger partial charge in [-0.15, -0.1) is 11.3 Å². The number of amides is 1. The van der Waals surface area contributed by atoms with E-state index in [1.165, 1.54) is 17.0 Å². The summed E-state index contributed by atoms with van der Waals surface area (Å²) in [5, 5.41) is 1.54. The van der Waals surface area contributed by atoms with Crippen molar-refractivity contribution < 1.29 is 9.53 Å². The highest BCUT2D eigenvalue weighted by atomic mass is 35.5. The molecule has 0 atom stereocenters. The quantitative estimate of drug-likeness (QED) is 0.663. The Balaban J connectivity index is 1.55. The van der Waals surface area contributed by atoms with E-state index in [9.17, 15) is 4.79 Å². The Labute approximate surface area is 161 Å². The molecule has 4 rings (SSSR count). The Morgan fingerprint density at radius 3 is 2.50 bits per heavy atom. The van der Waals surface area contributed by atoms with Crippen LogP contribution in [0.3, 0.4) is 0 Å². The number of para-hydroxylation sites is 1. The minimum atomic E-state index is 0.0342. The monoisotopic (exact) mass is 386 g/mol. The van der Waals surface area contributed by atoms with Crippen molar-refractivity contribution in [1.82, 2.24) is 4.90 Å². The van der Waals surface area contributed by atoms with Gasteiger partial charge in [0, 0.05) is 47.0 Å². The maximum absolute atomic E-state index is 13.1. The van der Waals surface area contributed by atoms with E-state index in [0.717, 1.165) is 23.2 Å². The Kier molecular flexibility index (Phi) is 4.74. The van der Waals surface area contributed by atoms with Crippen molar-refractivity contribution in [3.63, 3.8) is 0 Å². The number of thiophene rings is 1. The van der Waals surface area contributed by atoms with Crippen LogP contribution in [-0.2, 0) is 0 Å². The van der Waals surface area contributed by atoms with Crippen molar-refractivity contribution in [1.29, 1.82) is 0 Å². The average molecular weight is 387 g/mol. The summed E-state index contributed by atoms with van der Waals surface area (Å²) < 4.78 is 6.56. The van der Waals surface area contributed by atoms with E-state index < -0.39 is 0 Å². The SMILES string of the molecule is COc1c(C(=O)N2CCN(c3ccccc3)CC2)sc2ccc(Cl)cc12. The van der Waals surface area contributed by atoms with Gasteiger partial charge < -0.3 is 14.5 Å². The van der Waals surface area contributed by atoms with Crippen LogP contribution < -0.4 is 9.64 Å². The number of piperazine rings is 1. The lowest BCUT2D eigenvalue weighted by Gasteiger charge is -2.36. The first kappa shape index (κ1) is 17.2. The summed E-state index contributed by atoms with van der Waals surface area (Å²) in [6, 6.07) is 16.0. The van der Waals surface area contributed by atoms with Crippen molar-refractivity contribution in [3.05, 3.63) is 58.4 Å². The molecule has 0 aliphatic carbocycles. The molecule has 0 N–H and O–H groups in total. The third-order valence-corrected chi connectivity index (χ3v) is 6.07. The summed E-state index contributed by atoms with van der Waals surface area (Å²) in [7, 11) is 1.60. The van der Waals surface area contributed by atoms with E-state index in [1.807, 2.05) is 41.3 Å². The number of hydrogen-bond donors (Lipinski definition) is 0. The molecule has 0 radical (unpaired) electrons. The zero-order valence-electron chi connectivity index (χ0n) is 14.4. The van der Waals surface area contributed by atoms with Gasteiger partial charge in [0.05, 0.1) is 7.11 Å². The van der Waals surface area contributed by atoms with Crippen molar-refractivity contribution in [2.45, 2.75) is 0 Å². The first-order valence-electron chi connectivity index (χ1n) is 8.52. The van der Waals surface area contributed by atoms with E-state index in [1.54, 1.807) is 7.11 Å². The van der Waals surface area contributed by atoms with Crippen molar-refractivity contribution in [2.75, 3.05) is 38.2 Å². The fourth-order valence-corrected chi connectivity index (χ4v) is 4.63. The molecule has 1 aliphatic rings. The normalized spacial score (nSPS) is 14.7. The molecule has 1 fully saturated rings. The van der Waals surface area contributed by atoms with Gasteiger partial charge in [-0.25, -0.2) is 0 Å². The minimum absolute atomic E-state index is 0.0342. The highest BCUT2D eigenvalue weighted by molar-refractivity contribution is 7.21. The highest BCUT2D eigenvalue weighted by Gasteiger charge is 2.27. The van der Waals surface area contributed by atoms with Crippen LogP contribution in [0, 0.1) is 0 Å². The standard InChI is InChI=1S/C20H19ClN2O2S/c1-25-18-16-13-14(21)7-8-17(16)26-19(18)20(24)23-11-9-22(10-12-23)15-5-3-2-4-6-15/h2-8,13H,9-12H2,1H3. The molecule has 4 nitrogen and oxygen atoms in total. The number of fused-ring (bicyclic) bond motifs is 1. The van der Waals surface area contributed by atoms with Crippen LogP contribution in [0.15, 0.2) is 48.5 Å². The van der Waals surface area contributed by atoms with Gasteiger partial charge in [0.1, 0.15) is 10.6 Å². The fraction of sp³-hybridized carbons (Fsp3) is 0.250. The molecular weight excluding hydrogens is 368 g/mol. The Hall–Kier alpha value is -2.24. The minimum Gasteiger partial charge on any atom is -0.494 e. The molecule has 0 spiro atoms. The summed E-state index contributed by atoms with van der Waals surface area (Å²) >= 11 is 7.58. The van der Waals surface area contributed by atoms with E-state index in [2.05, 4.69) is 17.0 Å². The first-order chi connectivity index (χ1) is 12.7. The fourth-order valence-electron chi connectivity index (χ4n) is 3.34. The van der Waals surface area contributed by atoms with Crippen LogP contribution in [0.25, 0.3) is 10.1 Å². The molecule has 134 valence electrons. The molecule has 0 unspecified atom stereocenters. The Morgan fingerprint density at radius 2 is 1.81 bits per heavy atom. The summed E-state index contributed by atoms with van der Waals surface area (Å²) in [4.78, 5) is 18.0. The number of rotatable bonds is 3. The number of carbonyl (C=O) groups is 1. The highest BCUT2D eigenvalue weighted by Crippen LogP contribution is 2.39. The molecular formula is C20H19ClN2O2S. The molecule has 6 heteroatoms. The summed E-state index contributed by atoms with van der Waals surface area (Å²) in [6.07, 6.45) is 0. The van der Waals surface area contributed by atoms with Gasteiger partial charge in [0.15, 0.2) is 0 Å². The molecule has 2 aromatic carbocycles. The topological polar surface area (TPSA) is 32.8 Å². The lowest BCUT2D eigenvalue weighted by atomic mass is 10.2. The van der Waals surface area contributed by atoms with Gasteiger partial charge in [-0.3, -0.25) is 4.79 Å². The largest absolute Gasteiger partial charge is 0.494 e. The van der Waals surface area contributed by atoms with Crippen LogP contribution >= 0.6 is 22.9 Å². The summed E-state index contributed by atoms with van der Waals surface area (Å²) in [5.74, 6) is 0.662. The van der Waals surface area contributed by atoms with Crippen LogP contribution in [-0.4, -0.2) is 44.1 Å². The third-order valence-electron chi connectivity index (χ3n) is 4.69. The van der Waals surface area contributed by atoms with Gasteiger partial charge >= 0.3 is 0 Å². The zero-order valence-corrected chi connectivity index (χ0v) is 16.0. The molecule has 3 aromatic rings. The molecule has 26 heavy (non-hydrogen) atoms. The number of halogens is 1. The van der Waals surface area contributed by atoms with E-state index >= 15 is 0 Å². The van der Waals surface area contributed by atoms with Crippen LogP contribution in [0.4, 0.5) is 5.69 Å². The van der Waals surface area contributed by atoms with E-state index in [-0.39, 0.29) is 5.91 Å². The van der Waals surface area contributed by atoms with E-state index in [4.69, 9.17) is 16.3 Å². The van der Waals surface area contributed by atoms with Gasteiger partial charge in [-0.1, -0.05) is 29.8 Å². The average Bonchev–Trinajstić information content (AvgIpc) is 3.06. The summed E-state index contributed by atoms with van der Waals surface area (Å²) in [6.45, 7) is 3.06. The molecule has 1 saturated heterocycles. The van der Waals surface area contributed by atoms with Gasteiger partial charge in [0.2, 0.25) is 0 Å². The van der Waals surface area contributed by atoms with E-state index in [0.29, 0.717) is 28.7 Å². The number of anilines is 1. The Bertz CT molecular complexity index is 934. The predicted molar refractivity (Wildman–Crippen MR) is 108 cm³/mol. The van der Waals surface area contributed by atoms with Gasteiger partial charge in [-0.2, -0.15) is 0 Å².